The smallest absolute Gasteiger partial charge is 0.267 e. The summed E-state index contributed by atoms with van der Waals surface area (Å²) in [5.74, 6) is 2.32. The van der Waals surface area contributed by atoms with Crippen LogP contribution in [0.15, 0.2) is 53.2 Å². The molecule has 0 radical (unpaired) electrons. The van der Waals surface area contributed by atoms with Crippen molar-refractivity contribution in [1.82, 2.24) is 4.31 Å². The maximum absolute atomic E-state index is 13.7. The van der Waals surface area contributed by atoms with Crippen molar-refractivity contribution in [2.45, 2.75) is 103 Å². The lowest BCUT2D eigenvalue weighted by Gasteiger charge is -2.33. The summed E-state index contributed by atoms with van der Waals surface area (Å²) in [5.41, 5.74) is 3.15. The van der Waals surface area contributed by atoms with Crippen LogP contribution < -0.4 is 10.6 Å². The molecule has 3 rings (SSSR count). The van der Waals surface area contributed by atoms with Crippen molar-refractivity contribution in [3.8, 4) is 0 Å². The number of anilines is 2. The molecule has 2 aromatic carbocycles. The van der Waals surface area contributed by atoms with E-state index in [-0.39, 0.29) is 22.7 Å². The number of nitrogens with zero attached hydrogens (tertiary/aromatic N) is 1. The van der Waals surface area contributed by atoms with E-state index in [0.29, 0.717) is 36.3 Å². The molecule has 250 valence electrons. The highest BCUT2D eigenvalue weighted by molar-refractivity contribution is 7.98. The second kappa shape index (κ2) is 17.6. The molecule has 1 unspecified atom stereocenters. The summed E-state index contributed by atoms with van der Waals surface area (Å²) in [5, 5.41) is 6.65. The second-order valence-corrected chi connectivity index (χ2v) is 16.0. The number of hydrogen-bond donors (Lipinski definition) is 2. The van der Waals surface area contributed by atoms with Gasteiger partial charge in [0.05, 0.1) is 5.69 Å². The van der Waals surface area contributed by atoms with E-state index in [1.165, 1.54) is 42.1 Å². The van der Waals surface area contributed by atoms with Gasteiger partial charge >= 0.3 is 0 Å². The number of thioether (sulfide) groups is 1. The van der Waals surface area contributed by atoms with Crippen LogP contribution in [-0.4, -0.2) is 44.1 Å². The van der Waals surface area contributed by atoms with Gasteiger partial charge in [-0.05, 0) is 71.7 Å². The molecule has 1 amide bonds. The van der Waals surface area contributed by atoms with Crippen molar-refractivity contribution in [3.05, 3.63) is 64.4 Å². The van der Waals surface area contributed by atoms with Crippen LogP contribution in [0.1, 0.15) is 97.6 Å². The van der Waals surface area contributed by atoms with E-state index >= 15 is 0 Å². The summed E-state index contributed by atoms with van der Waals surface area (Å²) in [6.07, 6.45) is 8.67. The molecule has 0 saturated heterocycles. The van der Waals surface area contributed by atoms with Crippen molar-refractivity contribution in [1.29, 1.82) is 0 Å². The minimum Gasteiger partial charge on any atom is -0.381 e. The van der Waals surface area contributed by atoms with Gasteiger partial charge in [0.25, 0.3) is 15.9 Å². The number of benzene rings is 2. The molecule has 7 nitrogen and oxygen atoms in total. The van der Waals surface area contributed by atoms with Crippen LogP contribution in [0, 0.1) is 5.92 Å². The van der Waals surface area contributed by atoms with E-state index in [1.54, 1.807) is 12.1 Å². The summed E-state index contributed by atoms with van der Waals surface area (Å²) in [6.45, 7) is 14.3. The Kier molecular flexibility index (Phi) is 14.6. The van der Waals surface area contributed by atoms with E-state index in [4.69, 9.17) is 16.3 Å². The van der Waals surface area contributed by atoms with Gasteiger partial charge < -0.3 is 15.4 Å². The molecule has 2 N–H and O–H groups in total. The van der Waals surface area contributed by atoms with Crippen LogP contribution in [0.2, 0.25) is 5.02 Å². The third-order valence-electron chi connectivity index (χ3n) is 7.99. The highest BCUT2D eigenvalue weighted by Gasteiger charge is 2.34. The number of nitrogens with one attached hydrogen (secondary N) is 2. The molecule has 0 spiro atoms. The van der Waals surface area contributed by atoms with E-state index in [0.717, 1.165) is 41.2 Å². The molecule has 0 aliphatic carbocycles. The molecule has 45 heavy (non-hydrogen) atoms. The summed E-state index contributed by atoms with van der Waals surface area (Å²) >= 11 is 8.11. The maximum atomic E-state index is 13.7. The molecule has 1 aliphatic heterocycles. The molecule has 1 aliphatic rings. The summed E-state index contributed by atoms with van der Waals surface area (Å²) in [7, 11) is -3.92. The molecular formula is C35H52ClN3O4S2. The molecule has 2 aromatic rings. The molecule has 1 atom stereocenters. The number of carbonyl (C=O) groups is 1. The molecule has 0 fully saturated rings. The molecule has 0 aromatic heterocycles. The van der Waals surface area contributed by atoms with Gasteiger partial charge in [-0.2, -0.15) is 11.8 Å². The number of carbonyl (C=O) groups excluding carboxylic acids is 1. The molecule has 0 saturated carbocycles. The third kappa shape index (κ3) is 10.9. The Morgan fingerprint density at radius 2 is 1.80 bits per heavy atom. The summed E-state index contributed by atoms with van der Waals surface area (Å²) < 4.78 is 34.4. The van der Waals surface area contributed by atoms with Gasteiger partial charge in [-0.1, -0.05) is 91.0 Å². The molecule has 1 heterocycles. The van der Waals surface area contributed by atoms with Crippen molar-refractivity contribution >= 4 is 50.7 Å². The fourth-order valence-electron chi connectivity index (χ4n) is 5.09. The number of halogens is 1. The van der Waals surface area contributed by atoms with E-state index in [1.807, 2.05) is 17.8 Å². The van der Waals surface area contributed by atoms with Crippen LogP contribution >= 0.6 is 23.4 Å². The van der Waals surface area contributed by atoms with Crippen molar-refractivity contribution in [3.63, 3.8) is 0 Å². The van der Waals surface area contributed by atoms with Gasteiger partial charge in [0.2, 0.25) is 0 Å². The fraction of sp³-hybridized carbons (Fsp3) is 0.571. The van der Waals surface area contributed by atoms with Gasteiger partial charge in [-0.25, -0.2) is 8.42 Å². The van der Waals surface area contributed by atoms with Crippen LogP contribution in [0.25, 0.3) is 0 Å². The van der Waals surface area contributed by atoms with Crippen molar-refractivity contribution < 1.29 is 17.9 Å². The van der Waals surface area contributed by atoms with E-state index in [9.17, 15) is 13.2 Å². The zero-order valence-corrected chi connectivity index (χ0v) is 30.3. The predicted octanol–water partition coefficient (Wildman–Crippen LogP) is 9.19. The number of ether oxygens (including phenoxy) is 1. The number of sulfonamides is 1. The monoisotopic (exact) mass is 677 g/mol. The highest BCUT2D eigenvalue weighted by atomic mass is 35.5. The largest absolute Gasteiger partial charge is 0.381 e. The van der Waals surface area contributed by atoms with Crippen LogP contribution in [0.3, 0.4) is 0 Å². The van der Waals surface area contributed by atoms with Gasteiger partial charge in [-0.15, -0.1) is 0 Å². The lowest BCUT2D eigenvalue weighted by Crippen LogP contribution is -2.39. The summed E-state index contributed by atoms with van der Waals surface area (Å²) in [6, 6.07) is 10.9. The number of rotatable bonds is 17. The molecular weight excluding hydrogens is 626 g/mol. The summed E-state index contributed by atoms with van der Waals surface area (Å²) in [4.78, 5) is 13.7. The zero-order valence-electron chi connectivity index (χ0n) is 27.9. The minimum absolute atomic E-state index is 0.102. The first kappa shape index (κ1) is 37.3. The Balaban J connectivity index is 1.87. The van der Waals surface area contributed by atoms with Gasteiger partial charge in [0.15, 0.2) is 0 Å². The molecule has 0 bridgehead atoms. The Labute approximate surface area is 281 Å². The second-order valence-electron chi connectivity index (χ2n) is 12.7. The average molecular weight is 678 g/mol. The normalized spacial score (nSPS) is 15.9. The van der Waals surface area contributed by atoms with Gasteiger partial charge in [0.1, 0.15) is 10.7 Å². The SMILES string of the molecule is CCCCOCCCN1/C(=C\C(=O)Nc2cc(C(C)(C)C)ccc2CSCC(CC)CCCC)Nc2cc(Cl)ccc2S1(=O)=O. The van der Waals surface area contributed by atoms with Gasteiger partial charge in [-0.3, -0.25) is 9.10 Å². The van der Waals surface area contributed by atoms with Crippen LogP contribution in [-0.2, 0) is 30.7 Å². The standard InChI is InChI=1S/C35H52ClN3O4S2/c1-7-10-13-26(9-3)24-44-25-27-14-15-28(35(4,5)6)21-30(27)38-34(40)23-33-37-31-22-29(36)16-17-32(31)45(41,42)39(33)18-12-20-43-19-11-8-2/h14-17,21-23,26,37H,7-13,18-20,24-25H2,1-6H3,(H,38,40)/b33-23-. The molecule has 10 heteroatoms. The van der Waals surface area contributed by atoms with E-state index < -0.39 is 15.9 Å². The fourth-order valence-corrected chi connectivity index (χ4v) is 8.18. The average Bonchev–Trinajstić information content (AvgIpc) is 2.97. The first-order valence-electron chi connectivity index (χ1n) is 16.3. The topological polar surface area (TPSA) is 87.7 Å². The first-order valence-corrected chi connectivity index (χ1v) is 19.3. The zero-order chi connectivity index (χ0) is 33.0. The number of amides is 1. The van der Waals surface area contributed by atoms with Crippen LogP contribution in [0.5, 0.6) is 0 Å². The van der Waals surface area contributed by atoms with E-state index in [2.05, 4.69) is 64.3 Å². The third-order valence-corrected chi connectivity index (χ3v) is 11.3. The lowest BCUT2D eigenvalue weighted by molar-refractivity contribution is -0.112. The lowest BCUT2D eigenvalue weighted by atomic mass is 9.86. The predicted molar refractivity (Wildman–Crippen MR) is 191 cm³/mol. The maximum Gasteiger partial charge on any atom is 0.267 e. The van der Waals surface area contributed by atoms with Gasteiger partial charge in [0, 0.05) is 42.3 Å². The Bertz CT molecular complexity index is 1410. The number of unbranched alkanes of at least 4 members (excludes halogenated alkanes) is 2. The number of hydrogen-bond acceptors (Lipinski definition) is 6. The quantitative estimate of drug-likeness (QED) is 0.128. The van der Waals surface area contributed by atoms with Crippen molar-refractivity contribution in [2.75, 3.05) is 36.1 Å². The van der Waals surface area contributed by atoms with Crippen LogP contribution in [0.4, 0.5) is 11.4 Å². The Morgan fingerprint density at radius 1 is 1.07 bits per heavy atom. The number of fused-ring (bicyclic) bond motifs is 1. The highest BCUT2D eigenvalue weighted by Crippen LogP contribution is 2.36. The first-order chi connectivity index (χ1) is 21.4. The Hall–Kier alpha value is -2.20. The Morgan fingerprint density at radius 3 is 2.49 bits per heavy atom. The van der Waals surface area contributed by atoms with Crippen molar-refractivity contribution in [2.24, 2.45) is 5.92 Å². The minimum atomic E-state index is -3.92.